The molecule has 0 aromatic heterocycles. The van der Waals surface area contributed by atoms with Crippen molar-refractivity contribution in [2.24, 2.45) is 29.4 Å². The molecule has 16 heteroatoms. The number of Topliss-reactive ketones (excluding diaryl/α,β-unsaturated/α-hetero) is 4. The maximum atomic E-state index is 13.9. The molecule has 0 saturated heterocycles. The zero-order valence-corrected chi connectivity index (χ0v) is 23.3. The van der Waals surface area contributed by atoms with E-state index in [9.17, 15) is 43.4 Å². The van der Waals surface area contributed by atoms with Crippen LogP contribution in [0.1, 0.15) is 28.8 Å². The predicted molar refractivity (Wildman–Crippen MR) is 148 cm³/mol. The summed E-state index contributed by atoms with van der Waals surface area (Å²) in [6, 6.07) is 3.29. The van der Waals surface area contributed by atoms with E-state index < -0.39 is 93.2 Å². The molecule has 2 unspecified atom stereocenters. The number of aliphatic hydroxyl groups is 1. The van der Waals surface area contributed by atoms with Crippen LogP contribution < -0.4 is 26.5 Å². The highest BCUT2D eigenvalue weighted by atomic mass is 19.1. The first-order valence-electron chi connectivity index (χ1n) is 13.4. The van der Waals surface area contributed by atoms with E-state index in [4.69, 9.17) is 16.1 Å². The fraction of sp³-hybridized carbons (Fsp3) is 0.357. The number of carbonyl (C=O) groups is 6. The van der Waals surface area contributed by atoms with Crippen LogP contribution in [0, 0.1) is 29.5 Å². The number of hydrogen-bond acceptors (Lipinski definition) is 12. The van der Waals surface area contributed by atoms with Crippen LogP contribution in [0.4, 0.5) is 31.9 Å². The van der Waals surface area contributed by atoms with E-state index in [1.165, 1.54) is 6.07 Å². The molecule has 3 aliphatic carbocycles. The van der Waals surface area contributed by atoms with Crippen molar-refractivity contribution >= 4 is 57.8 Å². The highest BCUT2D eigenvalue weighted by molar-refractivity contribution is 6.31. The summed E-state index contributed by atoms with van der Waals surface area (Å²) in [5.41, 5.74) is 1.79. The molecule has 15 nitrogen and oxygen atoms in total. The van der Waals surface area contributed by atoms with Crippen LogP contribution in [0.2, 0.25) is 0 Å². The second-order valence-electron chi connectivity index (χ2n) is 11.3. The Balaban J connectivity index is 1.51. The molecule has 232 valence electrons. The van der Waals surface area contributed by atoms with Gasteiger partial charge in [-0.2, -0.15) is 0 Å². The molecule has 0 radical (unpaired) electrons. The second-order valence-corrected chi connectivity index (χ2v) is 11.3. The van der Waals surface area contributed by atoms with E-state index in [1.54, 1.807) is 19.0 Å². The lowest BCUT2D eigenvalue weighted by Gasteiger charge is -2.48. The minimum absolute atomic E-state index is 0.0381. The number of urea groups is 1. The van der Waals surface area contributed by atoms with Crippen molar-refractivity contribution in [2.75, 3.05) is 34.9 Å². The number of nitrogens with two attached hydrogens (primary N) is 1. The van der Waals surface area contributed by atoms with Gasteiger partial charge in [0, 0.05) is 37.8 Å². The highest BCUT2D eigenvalue weighted by Crippen LogP contribution is 2.52. The second kappa shape index (κ2) is 10.7. The van der Waals surface area contributed by atoms with Gasteiger partial charge >= 0.3 is 6.03 Å². The number of nitrogens with zero attached hydrogens (tertiary/aromatic N) is 2. The Morgan fingerprint density at radius 2 is 1.70 bits per heavy atom. The number of rotatable bonds is 5. The first-order valence-corrected chi connectivity index (χ1v) is 13.4. The van der Waals surface area contributed by atoms with Crippen molar-refractivity contribution in [3.8, 4) is 5.75 Å². The maximum Gasteiger partial charge on any atom is 0.323 e. The summed E-state index contributed by atoms with van der Waals surface area (Å²) in [4.78, 5) is 79.5. The first-order chi connectivity index (χ1) is 20.6. The fourth-order valence-corrected chi connectivity index (χ4v) is 6.54. The van der Waals surface area contributed by atoms with Gasteiger partial charge in [-0.25, -0.2) is 9.18 Å². The number of hydrogen-bond donors (Lipinski definition) is 7. The lowest BCUT2D eigenvalue weighted by Crippen LogP contribution is -2.68. The molecule has 2 aromatic carbocycles. The fourth-order valence-electron chi connectivity index (χ4n) is 6.54. The van der Waals surface area contributed by atoms with E-state index >= 15 is 0 Å². The first kappa shape index (κ1) is 30.5. The molecule has 0 aliphatic heterocycles. The van der Waals surface area contributed by atoms with Gasteiger partial charge in [0.2, 0.25) is 5.91 Å². The number of ketones is 4. The number of benzene rings is 2. The molecule has 3 amide bonds. The lowest BCUT2D eigenvalue weighted by molar-refractivity contribution is -0.175. The number of phenols is 1. The average molecular weight is 614 g/mol. The molecule has 2 fully saturated rings. The van der Waals surface area contributed by atoms with Crippen molar-refractivity contribution in [1.82, 2.24) is 0 Å². The molecule has 0 bridgehead atoms. The van der Waals surface area contributed by atoms with Gasteiger partial charge in [0.25, 0.3) is 0 Å². The summed E-state index contributed by atoms with van der Waals surface area (Å²) >= 11 is 0. The Morgan fingerprint density at radius 1 is 1.02 bits per heavy atom. The Labute approximate surface area is 247 Å². The van der Waals surface area contributed by atoms with Gasteiger partial charge < -0.3 is 31.5 Å². The minimum atomic E-state index is -2.80. The molecule has 5 atom stereocenters. The molecular weight excluding hydrogens is 585 g/mol. The third kappa shape index (κ3) is 4.63. The van der Waals surface area contributed by atoms with Crippen molar-refractivity contribution < 1.29 is 53.8 Å². The van der Waals surface area contributed by atoms with Crippen LogP contribution in [-0.4, -0.2) is 75.4 Å². The zero-order valence-electron chi connectivity index (χ0n) is 23.3. The summed E-state index contributed by atoms with van der Waals surface area (Å²) < 4.78 is 13.8. The van der Waals surface area contributed by atoms with Crippen LogP contribution in [0.3, 0.4) is 0 Å². The predicted octanol–water partition coefficient (Wildman–Crippen LogP) is 0.761. The lowest BCUT2D eigenvalue weighted by atomic mass is 9.53. The van der Waals surface area contributed by atoms with E-state index in [0.29, 0.717) is 11.3 Å². The number of amides is 3. The van der Waals surface area contributed by atoms with Crippen molar-refractivity contribution in [3.05, 3.63) is 41.2 Å². The van der Waals surface area contributed by atoms with Gasteiger partial charge in [-0.05, 0) is 48.6 Å². The number of aromatic hydroxyl groups is 1. The van der Waals surface area contributed by atoms with Gasteiger partial charge in [0.05, 0.1) is 17.2 Å². The summed E-state index contributed by atoms with van der Waals surface area (Å²) in [5, 5.41) is 45.1. The van der Waals surface area contributed by atoms with Crippen LogP contribution in [-0.2, 0) is 25.6 Å². The molecule has 8 N–H and O–H groups in total. The zero-order chi connectivity index (χ0) is 32.4. The molecule has 3 aliphatic rings. The largest absolute Gasteiger partial charge is 0.505 e. The monoisotopic (exact) mass is 613 g/mol. The van der Waals surface area contributed by atoms with E-state index in [0.717, 1.165) is 18.2 Å². The van der Waals surface area contributed by atoms with Gasteiger partial charge in [0.15, 0.2) is 40.5 Å². The Hall–Kier alpha value is -4.93. The summed E-state index contributed by atoms with van der Waals surface area (Å²) in [7, 11) is 3.27. The molecule has 2 saturated carbocycles. The van der Waals surface area contributed by atoms with Crippen molar-refractivity contribution in [1.29, 1.82) is 0 Å². The summed E-state index contributed by atoms with van der Waals surface area (Å²) in [5.74, 6) is -12.8. The minimum Gasteiger partial charge on any atom is -0.505 e. The number of carbonyl (C=O) groups excluding carboxylic acids is 6. The van der Waals surface area contributed by atoms with Crippen molar-refractivity contribution in [3.63, 3.8) is 0 Å². The number of halogens is 1. The third-order valence-electron chi connectivity index (χ3n) is 8.53. The maximum absolute atomic E-state index is 13.9. The number of fused-ring (bicyclic) bond motifs is 3. The molecule has 5 rings (SSSR count). The van der Waals surface area contributed by atoms with E-state index in [2.05, 4.69) is 10.6 Å². The van der Waals surface area contributed by atoms with E-state index in [-0.39, 0.29) is 29.8 Å². The van der Waals surface area contributed by atoms with Crippen LogP contribution >= 0.6 is 0 Å². The summed E-state index contributed by atoms with van der Waals surface area (Å²) in [6.45, 7) is 0. The van der Waals surface area contributed by atoms with Gasteiger partial charge in [-0.15, -0.1) is 5.23 Å². The molecule has 0 spiro atoms. The highest BCUT2D eigenvalue weighted by Gasteiger charge is 2.66. The Morgan fingerprint density at radius 3 is 2.32 bits per heavy atom. The Kier molecular flexibility index (Phi) is 7.39. The van der Waals surface area contributed by atoms with Crippen LogP contribution in [0.25, 0.3) is 0 Å². The molecule has 0 heterocycles. The number of phenolic OH excluding ortho intramolecular Hbond substituents is 1. The van der Waals surface area contributed by atoms with Crippen molar-refractivity contribution in [2.45, 2.75) is 24.9 Å². The van der Waals surface area contributed by atoms with Gasteiger partial charge in [-0.3, -0.25) is 34.4 Å². The van der Waals surface area contributed by atoms with Gasteiger partial charge in [-0.1, -0.05) is 0 Å². The van der Waals surface area contributed by atoms with E-state index in [1.807, 2.05) is 0 Å². The smallest absolute Gasteiger partial charge is 0.323 e. The molecular formula is C28H28FN5O10. The summed E-state index contributed by atoms with van der Waals surface area (Å²) in [6.07, 6.45) is -0.494. The van der Waals surface area contributed by atoms with Crippen LogP contribution in [0.5, 0.6) is 5.75 Å². The quantitative estimate of drug-likeness (QED) is 0.141. The van der Waals surface area contributed by atoms with Gasteiger partial charge in [0.1, 0.15) is 11.4 Å². The average Bonchev–Trinajstić information content (AvgIpc) is 2.92. The Bertz CT molecular complexity index is 1660. The third-order valence-corrected chi connectivity index (χ3v) is 8.53. The normalized spacial score (nSPS) is 25.9. The number of primary amides is 1. The topological polar surface area (TPSA) is 240 Å². The van der Waals surface area contributed by atoms with Crippen LogP contribution in [0.15, 0.2) is 24.3 Å². The molecule has 2 aromatic rings. The number of nitrogens with one attached hydrogen (secondary N) is 2. The molecule has 44 heavy (non-hydrogen) atoms. The number of anilines is 4. The standard InChI is InChI=1S/C28H28FN5O10/c1-33(2)16-9-15(32-27(41)31-12-3-4-14(29)17(8-12)34(43)44)22(36)20-13(16)6-10-5-11-7-18(35)21(26(30)40)25(39)28(11,42)24(38)19(10)23(20)37/h3-4,8-11,19,21,36,42-44H,5-7H2,1-2H3,(H2,30,40)(H2,31,32,41)/t10-,11+,19?,21?,28+/m1/s1. The SMILES string of the molecule is CN(C)c1cc(NC(=O)Nc2ccc(F)c(N(O)O)c2)c(O)c2c1C[C@H]1C[C@H]3CC(=O)C(C(N)=O)C(=O)[C@@]3(O)C(=O)C1C2=O.